The third-order valence-electron chi connectivity index (χ3n) is 3.13. The van der Waals surface area contributed by atoms with E-state index >= 15 is 0 Å². The standard InChI is InChI=1S/C8H9ClN2/c9-7-4-1-2-5(7)8-6(4)3-10-11-8/h1-2,4-8H,3H2/t4-,5-,6+,7+,8-/m1/s1. The third kappa shape index (κ3) is 0.598. The lowest BCUT2D eigenvalue weighted by molar-refractivity contribution is 0.452. The summed E-state index contributed by atoms with van der Waals surface area (Å²) in [6, 6.07) is 0.424. The smallest absolute Gasteiger partial charge is 0.0837 e. The average molecular weight is 169 g/mol. The van der Waals surface area contributed by atoms with E-state index in [1.807, 2.05) is 0 Å². The molecular weight excluding hydrogens is 160 g/mol. The fourth-order valence-electron chi connectivity index (χ4n) is 2.55. The van der Waals surface area contributed by atoms with Crippen molar-refractivity contribution in [3.63, 3.8) is 0 Å². The number of hydrogen-bond donors (Lipinski definition) is 0. The van der Waals surface area contributed by atoms with Crippen molar-refractivity contribution in [3.05, 3.63) is 12.2 Å². The highest BCUT2D eigenvalue weighted by Crippen LogP contribution is 2.50. The molecule has 0 spiro atoms. The molecule has 1 saturated carbocycles. The van der Waals surface area contributed by atoms with Gasteiger partial charge in [0, 0.05) is 23.1 Å². The average Bonchev–Trinajstić information content (AvgIpc) is 2.61. The van der Waals surface area contributed by atoms with Gasteiger partial charge in [-0.2, -0.15) is 10.2 Å². The number of allylic oxidation sites excluding steroid dienone is 1. The van der Waals surface area contributed by atoms with Gasteiger partial charge < -0.3 is 0 Å². The van der Waals surface area contributed by atoms with Crippen LogP contribution in [0.15, 0.2) is 22.4 Å². The van der Waals surface area contributed by atoms with E-state index in [1.165, 1.54) is 0 Å². The number of fused-ring (bicyclic) bond motifs is 5. The molecule has 3 rings (SSSR count). The molecule has 5 atom stereocenters. The minimum atomic E-state index is 0.309. The van der Waals surface area contributed by atoms with E-state index in [0.29, 0.717) is 29.2 Å². The van der Waals surface area contributed by atoms with Crippen LogP contribution in [0.5, 0.6) is 0 Å². The van der Waals surface area contributed by atoms with E-state index in [0.717, 1.165) is 6.54 Å². The Bertz CT molecular complexity index is 248. The molecule has 0 aromatic rings. The topological polar surface area (TPSA) is 24.7 Å². The van der Waals surface area contributed by atoms with Crippen LogP contribution in [0.1, 0.15) is 0 Å². The molecule has 0 saturated heterocycles. The summed E-state index contributed by atoms with van der Waals surface area (Å²) in [5.41, 5.74) is 0. The predicted octanol–water partition coefficient (Wildman–Crippen LogP) is 1.86. The SMILES string of the molecule is Cl[C@@H]1[C@H]2C=C[C@@H]1[C@@H]1CN=N[C@H]21. The maximum absolute atomic E-state index is 6.21. The number of hydrogen-bond acceptors (Lipinski definition) is 2. The van der Waals surface area contributed by atoms with Gasteiger partial charge >= 0.3 is 0 Å². The molecule has 0 radical (unpaired) electrons. The molecule has 0 unspecified atom stereocenters. The second-order valence-electron chi connectivity index (χ2n) is 3.58. The molecule has 3 aliphatic rings. The molecule has 3 heteroatoms. The Balaban J connectivity index is 2.04. The van der Waals surface area contributed by atoms with E-state index < -0.39 is 0 Å². The second kappa shape index (κ2) is 1.86. The fraction of sp³-hybridized carbons (Fsp3) is 0.750. The van der Waals surface area contributed by atoms with Gasteiger partial charge in [0.1, 0.15) is 0 Å². The van der Waals surface area contributed by atoms with Crippen molar-refractivity contribution in [2.45, 2.75) is 11.4 Å². The molecule has 0 N–H and O–H groups in total. The minimum absolute atomic E-state index is 0.309. The molecular formula is C8H9ClN2. The van der Waals surface area contributed by atoms with Crippen LogP contribution >= 0.6 is 11.6 Å². The Morgan fingerprint density at radius 1 is 1.27 bits per heavy atom. The van der Waals surface area contributed by atoms with Gasteiger partial charge in [0.2, 0.25) is 0 Å². The largest absolute Gasteiger partial charge is 0.193 e. The molecule has 1 aliphatic heterocycles. The lowest BCUT2D eigenvalue weighted by atomic mass is 9.91. The third-order valence-corrected chi connectivity index (χ3v) is 3.71. The van der Waals surface area contributed by atoms with Crippen LogP contribution in [0.2, 0.25) is 0 Å². The van der Waals surface area contributed by atoms with Gasteiger partial charge in [-0.15, -0.1) is 11.6 Å². The van der Waals surface area contributed by atoms with Crippen molar-refractivity contribution >= 4 is 11.6 Å². The van der Waals surface area contributed by atoms with Gasteiger partial charge in [-0.25, -0.2) is 0 Å². The highest BCUT2D eigenvalue weighted by molar-refractivity contribution is 6.21. The zero-order valence-corrected chi connectivity index (χ0v) is 6.78. The molecule has 11 heavy (non-hydrogen) atoms. The summed E-state index contributed by atoms with van der Waals surface area (Å²) in [5, 5.41) is 8.60. The van der Waals surface area contributed by atoms with Crippen LogP contribution < -0.4 is 0 Å². The van der Waals surface area contributed by atoms with Crippen LogP contribution in [0.3, 0.4) is 0 Å². The molecule has 0 aromatic heterocycles. The fourth-order valence-corrected chi connectivity index (χ4v) is 3.05. The van der Waals surface area contributed by atoms with Gasteiger partial charge in [-0.05, 0) is 0 Å². The molecule has 0 amide bonds. The van der Waals surface area contributed by atoms with Crippen molar-refractivity contribution in [3.8, 4) is 0 Å². The quantitative estimate of drug-likeness (QED) is 0.390. The lowest BCUT2D eigenvalue weighted by Gasteiger charge is -2.14. The van der Waals surface area contributed by atoms with E-state index in [1.54, 1.807) is 0 Å². The highest BCUT2D eigenvalue weighted by Gasteiger charge is 2.52. The number of azo groups is 1. The molecule has 1 heterocycles. The number of halogens is 1. The van der Waals surface area contributed by atoms with Crippen LogP contribution in [0.4, 0.5) is 0 Å². The Labute approximate surface area is 70.3 Å². The summed E-state index contributed by atoms with van der Waals surface area (Å²) in [7, 11) is 0. The van der Waals surface area contributed by atoms with Crippen molar-refractivity contribution in [2.75, 3.05) is 6.54 Å². The van der Waals surface area contributed by atoms with Gasteiger partial charge in [-0.1, -0.05) is 12.2 Å². The van der Waals surface area contributed by atoms with Crippen molar-refractivity contribution in [1.29, 1.82) is 0 Å². The molecule has 2 bridgehead atoms. The number of nitrogens with zero attached hydrogens (tertiary/aromatic N) is 2. The first-order valence-electron chi connectivity index (χ1n) is 4.07. The highest BCUT2D eigenvalue weighted by atomic mass is 35.5. The van der Waals surface area contributed by atoms with Crippen molar-refractivity contribution in [2.24, 2.45) is 28.0 Å². The van der Waals surface area contributed by atoms with E-state index in [2.05, 4.69) is 22.4 Å². The summed E-state index contributed by atoms with van der Waals surface area (Å²) in [6.45, 7) is 0.902. The van der Waals surface area contributed by atoms with Crippen LogP contribution in [-0.4, -0.2) is 18.0 Å². The Hall–Kier alpha value is -0.370. The van der Waals surface area contributed by atoms with E-state index in [-0.39, 0.29) is 0 Å². The van der Waals surface area contributed by atoms with Crippen molar-refractivity contribution < 1.29 is 0 Å². The second-order valence-corrected chi connectivity index (χ2v) is 4.08. The summed E-state index contributed by atoms with van der Waals surface area (Å²) in [5.74, 6) is 1.67. The van der Waals surface area contributed by atoms with Crippen LogP contribution in [0, 0.1) is 17.8 Å². The van der Waals surface area contributed by atoms with E-state index in [9.17, 15) is 0 Å². The number of rotatable bonds is 0. The predicted molar refractivity (Wildman–Crippen MR) is 42.8 cm³/mol. The van der Waals surface area contributed by atoms with Crippen molar-refractivity contribution in [1.82, 2.24) is 0 Å². The van der Waals surface area contributed by atoms with Gasteiger partial charge in [0.15, 0.2) is 0 Å². The van der Waals surface area contributed by atoms with Crippen LogP contribution in [-0.2, 0) is 0 Å². The van der Waals surface area contributed by atoms with Gasteiger partial charge in [-0.3, -0.25) is 0 Å². The molecule has 58 valence electrons. The first-order valence-corrected chi connectivity index (χ1v) is 4.50. The first kappa shape index (κ1) is 6.18. The number of alkyl halides is 1. The first-order chi connectivity index (χ1) is 5.38. The summed E-state index contributed by atoms with van der Waals surface area (Å²) < 4.78 is 0. The minimum Gasteiger partial charge on any atom is -0.193 e. The molecule has 2 nitrogen and oxygen atoms in total. The monoisotopic (exact) mass is 168 g/mol. The lowest BCUT2D eigenvalue weighted by Crippen LogP contribution is -2.20. The van der Waals surface area contributed by atoms with Gasteiger partial charge in [0.05, 0.1) is 12.6 Å². The zero-order valence-electron chi connectivity index (χ0n) is 6.02. The maximum Gasteiger partial charge on any atom is 0.0837 e. The summed E-state index contributed by atoms with van der Waals surface area (Å²) >= 11 is 6.21. The summed E-state index contributed by atoms with van der Waals surface area (Å²) in [4.78, 5) is 0. The molecule has 1 fully saturated rings. The summed E-state index contributed by atoms with van der Waals surface area (Å²) in [6.07, 6.45) is 4.47. The van der Waals surface area contributed by atoms with Crippen LogP contribution in [0.25, 0.3) is 0 Å². The normalized spacial score (nSPS) is 57.4. The Morgan fingerprint density at radius 3 is 2.91 bits per heavy atom. The Kier molecular flexibility index (Phi) is 1.05. The van der Waals surface area contributed by atoms with E-state index in [4.69, 9.17) is 11.6 Å². The molecule has 2 aliphatic carbocycles. The zero-order chi connectivity index (χ0) is 7.42. The maximum atomic E-state index is 6.21. The Morgan fingerprint density at radius 2 is 2.09 bits per heavy atom. The van der Waals surface area contributed by atoms with Gasteiger partial charge in [0.25, 0.3) is 0 Å². The molecule has 0 aromatic carbocycles.